The number of phenolic OH excluding ortho intramolecular Hbond substituents is 1. The van der Waals surface area contributed by atoms with Crippen LogP contribution in [0, 0.1) is 0 Å². The average Bonchev–Trinajstić information content (AvgIpc) is 2.26. The van der Waals surface area contributed by atoms with Crippen molar-refractivity contribution in [1.29, 1.82) is 0 Å². The van der Waals surface area contributed by atoms with Gasteiger partial charge < -0.3 is 10.8 Å². The van der Waals surface area contributed by atoms with E-state index in [1.54, 1.807) is 6.07 Å². The fraction of sp³-hybridized carbons (Fsp3) is 0.231. The minimum absolute atomic E-state index is 0.345. The van der Waals surface area contributed by atoms with E-state index in [-0.39, 0.29) is 0 Å². The van der Waals surface area contributed by atoms with Crippen LogP contribution in [-0.4, -0.2) is 11.7 Å². The molecular weight excluding hydrogens is 186 g/mol. The lowest BCUT2D eigenvalue weighted by Gasteiger charge is -2.04. The van der Waals surface area contributed by atoms with Gasteiger partial charge >= 0.3 is 0 Å². The fourth-order valence-electron chi connectivity index (χ4n) is 1.78. The largest absolute Gasteiger partial charge is 0.507 e. The van der Waals surface area contributed by atoms with Crippen LogP contribution in [0.4, 0.5) is 0 Å². The normalized spacial score (nSPS) is 10.7. The molecule has 0 radical (unpaired) electrons. The molecule has 0 bridgehead atoms. The summed E-state index contributed by atoms with van der Waals surface area (Å²) in [7, 11) is 0. The minimum atomic E-state index is 0.345. The van der Waals surface area contributed by atoms with Gasteiger partial charge in [0.15, 0.2) is 0 Å². The first-order valence-electron chi connectivity index (χ1n) is 5.22. The highest BCUT2D eigenvalue weighted by Gasteiger charge is 1.99. The number of nitrogens with two attached hydrogens (primary N) is 1. The molecule has 0 amide bonds. The molecule has 0 aliphatic heterocycles. The molecule has 0 spiro atoms. The lowest BCUT2D eigenvalue weighted by molar-refractivity contribution is 0.481. The topological polar surface area (TPSA) is 46.2 Å². The Morgan fingerprint density at radius 1 is 1.13 bits per heavy atom. The van der Waals surface area contributed by atoms with Gasteiger partial charge in [-0.15, -0.1) is 0 Å². The Morgan fingerprint density at radius 3 is 2.80 bits per heavy atom. The zero-order valence-electron chi connectivity index (χ0n) is 8.61. The van der Waals surface area contributed by atoms with Gasteiger partial charge in [-0.2, -0.15) is 0 Å². The van der Waals surface area contributed by atoms with Crippen molar-refractivity contribution in [2.45, 2.75) is 12.8 Å². The molecule has 15 heavy (non-hydrogen) atoms. The molecule has 0 atom stereocenters. The van der Waals surface area contributed by atoms with Gasteiger partial charge in [-0.3, -0.25) is 0 Å². The Hall–Kier alpha value is -1.54. The maximum absolute atomic E-state index is 9.62. The summed E-state index contributed by atoms with van der Waals surface area (Å²) in [5.74, 6) is 0.345. The maximum atomic E-state index is 9.62. The van der Waals surface area contributed by atoms with Crippen molar-refractivity contribution >= 4 is 10.8 Å². The summed E-state index contributed by atoms with van der Waals surface area (Å²) in [4.78, 5) is 0. The predicted octanol–water partition coefficient (Wildman–Crippen LogP) is 2.44. The second-order valence-electron chi connectivity index (χ2n) is 3.72. The van der Waals surface area contributed by atoms with Crippen molar-refractivity contribution in [2.24, 2.45) is 5.73 Å². The highest BCUT2D eigenvalue weighted by molar-refractivity contribution is 5.88. The highest BCUT2D eigenvalue weighted by atomic mass is 16.3. The molecule has 0 aliphatic carbocycles. The fourth-order valence-corrected chi connectivity index (χ4v) is 1.78. The number of fused-ring (bicyclic) bond motifs is 1. The van der Waals surface area contributed by atoms with Crippen LogP contribution in [0.3, 0.4) is 0 Å². The lowest BCUT2D eigenvalue weighted by Crippen LogP contribution is -2.00. The van der Waals surface area contributed by atoms with Gasteiger partial charge in [0.25, 0.3) is 0 Å². The van der Waals surface area contributed by atoms with Crippen LogP contribution in [0.5, 0.6) is 5.75 Å². The Bertz CT molecular complexity index is 465. The Labute approximate surface area is 89.3 Å². The second-order valence-corrected chi connectivity index (χ2v) is 3.72. The molecule has 2 aromatic rings. The van der Waals surface area contributed by atoms with Crippen LogP contribution in [0.25, 0.3) is 10.8 Å². The van der Waals surface area contributed by atoms with Gasteiger partial charge in [-0.1, -0.05) is 30.3 Å². The third kappa shape index (κ3) is 2.10. The van der Waals surface area contributed by atoms with Gasteiger partial charge in [0.2, 0.25) is 0 Å². The Balaban J connectivity index is 2.39. The van der Waals surface area contributed by atoms with E-state index < -0.39 is 0 Å². The SMILES string of the molecule is NCCCc1ccc2c(O)cccc2c1. The number of benzene rings is 2. The van der Waals surface area contributed by atoms with Crippen molar-refractivity contribution in [3.8, 4) is 5.75 Å². The molecule has 3 N–H and O–H groups in total. The first kappa shape index (κ1) is 9.99. The molecule has 2 heteroatoms. The number of hydrogen-bond donors (Lipinski definition) is 2. The molecule has 0 saturated carbocycles. The third-order valence-corrected chi connectivity index (χ3v) is 2.59. The third-order valence-electron chi connectivity index (χ3n) is 2.59. The van der Waals surface area contributed by atoms with Crippen molar-refractivity contribution < 1.29 is 5.11 Å². The first-order chi connectivity index (χ1) is 7.31. The van der Waals surface area contributed by atoms with E-state index in [0.717, 1.165) is 30.2 Å². The van der Waals surface area contributed by atoms with E-state index in [4.69, 9.17) is 5.73 Å². The minimum Gasteiger partial charge on any atom is -0.507 e. The zero-order chi connectivity index (χ0) is 10.7. The van der Waals surface area contributed by atoms with Gasteiger partial charge in [0.1, 0.15) is 5.75 Å². The lowest BCUT2D eigenvalue weighted by atomic mass is 10.0. The summed E-state index contributed by atoms with van der Waals surface area (Å²) in [5, 5.41) is 11.6. The molecule has 0 saturated heterocycles. The van der Waals surface area contributed by atoms with Gasteiger partial charge in [0, 0.05) is 5.39 Å². The van der Waals surface area contributed by atoms with E-state index in [2.05, 4.69) is 12.1 Å². The number of phenols is 1. The summed E-state index contributed by atoms with van der Waals surface area (Å²) in [6, 6.07) is 11.7. The monoisotopic (exact) mass is 201 g/mol. The van der Waals surface area contributed by atoms with E-state index in [9.17, 15) is 5.11 Å². The van der Waals surface area contributed by atoms with Crippen LogP contribution >= 0.6 is 0 Å². The van der Waals surface area contributed by atoms with Crippen molar-refractivity contribution in [2.75, 3.05) is 6.54 Å². The van der Waals surface area contributed by atoms with Crippen LogP contribution in [0.1, 0.15) is 12.0 Å². The zero-order valence-corrected chi connectivity index (χ0v) is 8.61. The predicted molar refractivity (Wildman–Crippen MR) is 63.0 cm³/mol. The van der Waals surface area contributed by atoms with E-state index >= 15 is 0 Å². The summed E-state index contributed by atoms with van der Waals surface area (Å²) in [6.45, 7) is 0.720. The van der Waals surface area contributed by atoms with Crippen LogP contribution in [0.2, 0.25) is 0 Å². The number of aromatic hydroxyl groups is 1. The van der Waals surface area contributed by atoms with E-state index in [1.807, 2.05) is 18.2 Å². The van der Waals surface area contributed by atoms with Crippen LogP contribution < -0.4 is 5.73 Å². The maximum Gasteiger partial charge on any atom is 0.123 e. The van der Waals surface area contributed by atoms with Crippen LogP contribution in [-0.2, 0) is 6.42 Å². The molecule has 0 heterocycles. The van der Waals surface area contributed by atoms with Crippen LogP contribution in [0.15, 0.2) is 36.4 Å². The molecule has 2 aromatic carbocycles. The Kier molecular flexibility index (Phi) is 2.88. The summed E-state index contributed by atoms with van der Waals surface area (Å²) in [6.07, 6.45) is 2.01. The number of aryl methyl sites for hydroxylation is 1. The molecule has 0 fully saturated rings. The van der Waals surface area contributed by atoms with E-state index in [1.165, 1.54) is 5.56 Å². The van der Waals surface area contributed by atoms with Crippen molar-refractivity contribution in [3.63, 3.8) is 0 Å². The average molecular weight is 201 g/mol. The second kappa shape index (κ2) is 4.32. The molecule has 2 rings (SSSR count). The molecule has 2 nitrogen and oxygen atoms in total. The standard InChI is InChI=1S/C13H15NO/c14-8-2-3-10-6-7-12-11(9-10)4-1-5-13(12)15/h1,4-7,9,15H,2-3,8,14H2. The molecule has 0 aliphatic rings. The first-order valence-corrected chi connectivity index (χ1v) is 5.22. The summed E-state index contributed by atoms with van der Waals surface area (Å²) < 4.78 is 0. The quantitative estimate of drug-likeness (QED) is 0.801. The molecule has 78 valence electrons. The smallest absolute Gasteiger partial charge is 0.123 e. The summed E-state index contributed by atoms with van der Waals surface area (Å²) >= 11 is 0. The molecule has 0 aromatic heterocycles. The molecular formula is C13H15NO. The van der Waals surface area contributed by atoms with Crippen molar-refractivity contribution in [3.05, 3.63) is 42.0 Å². The number of rotatable bonds is 3. The highest BCUT2D eigenvalue weighted by Crippen LogP contribution is 2.25. The summed E-state index contributed by atoms with van der Waals surface area (Å²) in [5.41, 5.74) is 6.75. The number of hydrogen-bond acceptors (Lipinski definition) is 2. The van der Waals surface area contributed by atoms with E-state index in [0.29, 0.717) is 5.75 Å². The Morgan fingerprint density at radius 2 is 2.00 bits per heavy atom. The van der Waals surface area contributed by atoms with Gasteiger partial charge in [-0.25, -0.2) is 0 Å². The van der Waals surface area contributed by atoms with Gasteiger partial charge in [-0.05, 0) is 36.4 Å². The van der Waals surface area contributed by atoms with Crippen molar-refractivity contribution in [1.82, 2.24) is 0 Å². The van der Waals surface area contributed by atoms with Gasteiger partial charge in [0.05, 0.1) is 0 Å². The molecule has 0 unspecified atom stereocenters.